The molecular formula is C23H26N2O4S. The summed E-state index contributed by atoms with van der Waals surface area (Å²) >= 11 is 0. The molecule has 30 heavy (non-hydrogen) atoms. The second-order valence-electron chi connectivity index (χ2n) is 7.75. The molecule has 1 amide bonds. The smallest absolute Gasteiger partial charge is 0.242 e. The third kappa shape index (κ3) is 4.19. The van der Waals surface area contributed by atoms with E-state index in [0.29, 0.717) is 37.0 Å². The molecular weight excluding hydrogens is 400 g/mol. The van der Waals surface area contributed by atoms with E-state index in [4.69, 9.17) is 10.00 Å². The SMILES string of the molecule is Cc1ccc(C)c(S(=O)(=O)C2(C(=O)NCc3cccc(OCC#N)c3)CCCC2)c1. The summed E-state index contributed by atoms with van der Waals surface area (Å²) in [4.78, 5) is 13.5. The lowest BCUT2D eigenvalue weighted by Crippen LogP contribution is -2.50. The van der Waals surface area contributed by atoms with Gasteiger partial charge in [-0.3, -0.25) is 4.79 Å². The summed E-state index contributed by atoms with van der Waals surface area (Å²) in [6, 6.07) is 14.3. The van der Waals surface area contributed by atoms with Crippen molar-refractivity contribution >= 4 is 15.7 Å². The quantitative estimate of drug-likeness (QED) is 0.730. The van der Waals surface area contributed by atoms with E-state index in [1.807, 2.05) is 25.1 Å². The average molecular weight is 427 g/mol. The van der Waals surface area contributed by atoms with E-state index in [-0.39, 0.29) is 18.0 Å². The molecule has 1 fully saturated rings. The molecule has 0 atom stereocenters. The van der Waals surface area contributed by atoms with Gasteiger partial charge < -0.3 is 10.1 Å². The first kappa shape index (κ1) is 21.8. The zero-order chi connectivity index (χ0) is 21.8. The van der Waals surface area contributed by atoms with Gasteiger partial charge in [0.05, 0.1) is 4.90 Å². The number of aryl methyl sites for hydroxylation is 2. The summed E-state index contributed by atoms with van der Waals surface area (Å²) in [5.74, 6) is 0.0751. The van der Waals surface area contributed by atoms with Crippen LogP contribution in [0.25, 0.3) is 0 Å². The van der Waals surface area contributed by atoms with Gasteiger partial charge in [-0.05, 0) is 61.6 Å². The van der Waals surface area contributed by atoms with Crippen LogP contribution in [0.5, 0.6) is 5.75 Å². The second kappa shape index (κ2) is 8.88. The van der Waals surface area contributed by atoms with Gasteiger partial charge in [0, 0.05) is 6.54 Å². The van der Waals surface area contributed by atoms with Crippen LogP contribution in [0, 0.1) is 25.2 Å². The summed E-state index contributed by atoms with van der Waals surface area (Å²) in [6.45, 7) is 3.74. The van der Waals surface area contributed by atoms with Crippen molar-refractivity contribution in [3.8, 4) is 11.8 Å². The van der Waals surface area contributed by atoms with Crippen molar-refractivity contribution in [2.75, 3.05) is 6.61 Å². The molecule has 0 unspecified atom stereocenters. The van der Waals surface area contributed by atoms with E-state index < -0.39 is 20.5 Å². The number of carbonyl (C=O) groups excluding carboxylic acids is 1. The van der Waals surface area contributed by atoms with Crippen LogP contribution in [0.3, 0.4) is 0 Å². The molecule has 1 aliphatic carbocycles. The highest BCUT2D eigenvalue weighted by Crippen LogP contribution is 2.41. The Morgan fingerprint density at radius 2 is 1.90 bits per heavy atom. The highest BCUT2D eigenvalue weighted by molar-refractivity contribution is 7.93. The Kier molecular flexibility index (Phi) is 6.47. The predicted molar refractivity (Wildman–Crippen MR) is 114 cm³/mol. The van der Waals surface area contributed by atoms with Crippen LogP contribution in [0.4, 0.5) is 0 Å². The number of hydrogen-bond donors (Lipinski definition) is 1. The van der Waals surface area contributed by atoms with Gasteiger partial charge in [0.1, 0.15) is 11.8 Å². The van der Waals surface area contributed by atoms with Gasteiger partial charge in [-0.25, -0.2) is 8.42 Å². The number of carbonyl (C=O) groups is 1. The van der Waals surface area contributed by atoms with Crippen molar-refractivity contribution in [2.45, 2.75) is 55.7 Å². The molecule has 2 aromatic carbocycles. The largest absolute Gasteiger partial charge is 0.479 e. The van der Waals surface area contributed by atoms with E-state index in [9.17, 15) is 13.2 Å². The lowest BCUT2D eigenvalue weighted by atomic mass is 10.1. The van der Waals surface area contributed by atoms with Crippen LogP contribution in [0.1, 0.15) is 42.4 Å². The minimum Gasteiger partial charge on any atom is -0.479 e. The highest BCUT2D eigenvalue weighted by Gasteiger charge is 2.53. The van der Waals surface area contributed by atoms with Crippen LogP contribution in [-0.4, -0.2) is 25.7 Å². The van der Waals surface area contributed by atoms with E-state index >= 15 is 0 Å². The number of amides is 1. The summed E-state index contributed by atoms with van der Waals surface area (Å²) in [5.41, 5.74) is 2.28. The van der Waals surface area contributed by atoms with Gasteiger partial charge in [0.15, 0.2) is 21.2 Å². The number of nitriles is 1. The normalized spacial score (nSPS) is 15.4. The average Bonchev–Trinajstić information content (AvgIpc) is 3.24. The minimum absolute atomic E-state index is 0.0625. The highest BCUT2D eigenvalue weighted by atomic mass is 32.2. The second-order valence-corrected chi connectivity index (χ2v) is 9.98. The lowest BCUT2D eigenvalue weighted by Gasteiger charge is -2.28. The fourth-order valence-electron chi connectivity index (χ4n) is 3.98. The first-order valence-electron chi connectivity index (χ1n) is 9.99. The van der Waals surface area contributed by atoms with Crippen molar-refractivity contribution in [3.63, 3.8) is 0 Å². The van der Waals surface area contributed by atoms with E-state index in [0.717, 1.165) is 11.1 Å². The first-order valence-corrected chi connectivity index (χ1v) is 11.5. The molecule has 0 aromatic heterocycles. The fourth-order valence-corrected chi connectivity index (χ4v) is 6.37. The van der Waals surface area contributed by atoms with Crippen LogP contribution >= 0.6 is 0 Å². The van der Waals surface area contributed by atoms with Crippen molar-refractivity contribution in [3.05, 3.63) is 59.2 Å². The molecule has 0 heterocycles. The Morgan fingerprint density at radius 3 is 2.60 bits per heavy atom. The van der Waals surface area contributed by atoms with E-state index in [1.165, 1.54) is 0 Å². The molecule has 1 saturated carbocycles. The van der Waals surface area contributed by atoms with Crippen LogP contribution in [0.15, 0.2) is 47.4 Å². The zero-order valence-corrected chi connectivity index (χ0v) is 18.1. The van der Waals surface area contributed by atoms with Gasteiger partial charge in [0.2, 0.25) is 5.91 Å². The standard InChI is InChI=1S/C23H26N2O4S/c1-17-8-9-18(2)21(14-17)30(27,28)23(10-3-4-11-23)22(26)25-16-19-6-5-7-20(15-19)29-13-12-24/h5-9,14-15H,3-4,10-11,13,16H2,1-2H3,(H,25,26). The van der Waals surface area contributed by atoms with Crippen LogP contribution in [0.2, 0.25) is 0 Å². The maximum atomic E-state index is 13.6. The number of nitrogens with zero attached hydrogens (tertiary/aromatic N) is 1. The molecule has 158 valence electrons. The maximum absolute atomic E-state index is 13.6. The zero-order valence-electron chi connectivity index (χ0n) is 17.3. The molecule has 6 nitrogen and oxygen atoms in total. The lowest BCUT2D eigenvalue weighted by molar-refractivity contribution is -0.123. The Morgan fingerprint density at radius 1 is 1.17 bits per heavy atom. The van der Waals surface area contributed by atoms with Crippen LogP contribution < -0.4 is 10.1 Å². The third-order valence-corrected chi connectivity index (χ3v) is 8.27. The third-order valence-electron chi connectivity index (χ3n) is 5.63. The summed E-state index contributed by atoms with van der Waals surface area (Å²) in [7, 11) is -3.85. The molecule has 0 bridgehead atoms. The van der Waals surface area contributed by atoms with Crippen molar-refractivity contribution in [2.24, 2.45) is 0 Å². The number of hydrogen-bond acceptors (Lipinski definition) is 5. The molecule has 7 heteroatoms. The number of sulfone groups is 1. The maximum Gasteiger partial charge on any atom is 0.242 e. The summed E-state index contributed by atoms with van der Waals surface area (Å²) in [5, 5.41) is 11.5. The molecule has 0 saturated heterocycles. The molecule has 1 aliphatic rings. The molecule has 0 spiro atoms. The van der Waals surface area contributed by atoms with Gasteiger partial charge in [-0.15, -0.1) is 0 Å². The fraction of sp³-hybridized carbons (Fsp3) is 0.391. The summed E-state index contributed by atoms with van der Waals surface area (Å²) < 4.78 is 31.1. The molecule has 0 radical (unpaired) electrons. The summed E-state index contributed by atoms with van der Waals surface area (Å²) in [6.07, 6.45) is 2.05. The Hall–Kier alpha value is -2.85. The van der Waals surface area contributed by atoms with Gasteiger partial charge in [-0.1, -0.05) is 37.1 Å². The Bertz CT molecular complexity index is 1080. The number of ether oxygens (including phenoxy) is 1. The molecule has 1 N–H and O–H groups in total. The Balaban J connectivity index is 1.85. The van der Waals surface area contributed by atoms with Crippen LogP contribution in [-0.2, 0) is 21.2 Å². The van der Waals surface area contributed by atoms with Gasteiger partial charge >= 0.3 is 0 Å². The number of rotatable bonds is 7. The Labute approximate surface area is 177 Å². The molecule has 0 aliphatic heterocycles. The monoisotopic (exact) mass is 426 g/mol. The predicted octanol–water partition coefficient (Wildman–Crippen LogP) is 3.61. The molecule has 2 aromatic rings. The van der Waals surface area contributed by atoms with E-state index in [2.05, 4.69) is 5.32 Å². The number of benzene rings is 2. The molecule has 3 rings (SSSR count). The topological polar surface area (TPSA) is 96.3 Å². The van der Waals surface area contributed by atoms with Crippen molar-refractivity contribution in [1.29, 1.82) is 5.26 Å². The van der Waals surface area contributed by atoms with Gasteiger partial charge in [-0.2, -0.15) is 5.26 Å². The van der Waals surface area contributed by atoms with Crippen molar-refractivity contribution < 1.29 is 17.9 Å². The number of nitrogens with one attached hydrogen (secondary N) is 1. The first-order chi connectivity index (χ1) is 14.3. The van der Waals surface area contributed by atoms with E-state index in [1.54, 1.807) is 37.3 Å². The van der Waals surface area contributed by atoms with Crippen molar-refractivity contribution in [1.82, 2.24) is 5.32 Å². The van der Waals surface area contributed by atoms with Gasteiger partial charge in [0.25, 0.3) is 0 Å². The minimum atomic E-state index is -3.85.